The SMILES string of the molecule is CCc1nc(C2(NC(=O)Nc3cc(-c4ccco4)nn3C)CCCC2)no1. The number of hydrogen-bond acceptors (Lipinski definition) is 6. The average molecular weight is 370 g/mol. The van der Waals surface area contributed by atoms with Gasteiger partial charge in [0.25, 0.3) is 0 Å². The van der Waals surface area contributed by atoms with Crippen molar-refractivity contribution in [1.82, 2.24) is 25.2 Å². The fraction of sp³-hybridized carbons (Fsp3) is 0.444. The van der Waals surface area contributed by atoms with E-state index in [0.717, 1.165) is 25.7 Å². The highest BCUT2D eigenvalue weighted by molar-refractivity contribution is 5.89. The van der Waals surface area contributed by atoms with Gasteiger partial charge in [-0.3, -0.25) is 10.00 Å². The smallest absolute Gasteiger partial charge is 0.321 e. The second-order valence-corrected chi connectivity index (χ2v) is 6.75. The van der Waals surface area contributed by atoms with Gasteiger partial charge in [0.15, 0.2) is 11.6 Å². The number of aromatic nitrogens is 4. The third kappa shape index (κ3) is 3.32. The monoisotopic (exact) mass is 370 g/mol. The molecule has 2 amide bonds. The lowest BCUT2D eigenvalue weighted by atomic mass is 9.97. The molecule has 1 aliphatic carbocycles. The van der Waals surface area contributed by atoms with Crippen LogP contribution in [0.5, 0.6) is 0 Å². The van der Waals surface area contributed by atoms with Crippen LogP contribution >= 0.6 is 0 Å². The number of anilines is 1. The summed E-state index contributed by atoms with van der Waals surface area (Å²) >= 11 is 0. The van der Waals surface area contributed by atoms with Crippen LogP contribution in [0.25, 0.3) is 11.5 Å². The third-order valence-corrected chi connectivity index (χ3v) is 4.90. The first-order valence-corrected chi connectivity index (χ1v) is 9.10. The van der Waals surface area contributed by atoms with Gasteiger partial charge in [-0.25, -0.2) is 4.79 Å². The largest absolute Gasteiger partial charge is 0.463 e. The second-order valence-electron chi connectivity index (χ2n) is 6.75. The van der Waals surface area contributed by atoms with Crippen molar-refractivity contribution in [2.24, 2.45) is 7.05 Å². The van der Waals surface area contributed by atoms with Crippen LogP contribution in [0.3, 0.4) is 0 Å². The van der Waals surface area contributed by atoms with Gasteiger partial charge in [-0.05, 0) is 25.0 Å². The highest BCUT2D eigenvalue weighted by atomic mass is 16.5. The zero-order chi connectivity index (χ0) is 18.9. The van der Waals surface area contributed by atoms with E-state index in [2.05, 4.69) is 25.9 Å². The maximum atomic E-state index is 12.7. The molecule has 0 unspecified atom stereocenters. The predicted octanol–water partition coefficient (Wildman–Crippen LogP) is 3.22. The van der Waals surface area contributed by atoms with Crippen LogP contribution in [0, 0.1) is 0 Å². The summed E-state index contributed by atoms with van der Waals surface area (Å²) < 4.78 is 12.2. The highest BCUT2D eigenvalue weighted by Crippen LogP contribution is 2.37. The topological polar surface area (TPSA) is 111 Å². The van der Waals surface area contributed by atoms with Crippen molar-refractivity contribution < 1.29 is 13.7 Å². The Morgan fingerprint density at radius 2 is 2.19 bits per heavy atom. The molecule has 0 bridgehead atoms. The van der Waals surface area contributed by atoms with Gasteiger partial charge in [0.05, 0.1) is 6.26 Å². The molecule has 3 aromatic heterocycles. The van der Waals surface area contributed by atoms with Gasteiger partial charge in [0.2, 0.25) is 5.89 Å². The first-order valence-electron chi connectivity index (χ1n) is 9.10. The van der Waals surface area contributed by atoms with E-state index in [1.807, 2.05) is 13.0 Å². The van der Waals surface area contributed by atoms with Crippen molar-refractivity contribution in [3.8, 4) is 11.5 Å². The molecule has 1 saturated carbocycles. The minimum Gasteiger partial charge on any atom is -0.463 e. The van der Waals surface area contributed by atoms with Crippen molar-refractivity contribution in [2.45, 2.75) is 44.6 Å². The van der Waals surface area contributed by atoms with Gasteiger partial charge in [-0.15, -0.1) is 0 Å². The molecule has 1 aliphatic rings. The standard InChI is InChI=1S/C18H22N6O3/c1-3-15-20-16(23-27-15)18(8-4-5-9-18)21-17(25)19-14-11-12(22-24(14)2)13-7-6-10-26-13/h6-7,10-11H,3-5,8-9H2,1-2H3,(H2,19,21,25). The molecule has 9 nitrogen and oxygen atoms in total. The fourth-order valence-corrected chi connectivity index (χ4v) is 3.47. The molecule has 4 rings (SSSR count). The molecule has 0 aliphatic heterocycles. The molecule has 0 radical (unpaired) electrons. The van der Waals surface area contributed by atoms with Crippen molar-refractivity contribution in [3.63, 3.8) is 0 Å². The predicted molar refractivity (Wildman–Crippen MR) is 96.9 cm³/mol. The summed E-state index contributed by atoms with van der Waals surface area (Å²) in [4.78, 5) is 17.1. The first kappa shape index (κ1) is 17.3. The van der Waals surface area contributed by atoms with E-state index in [1.165, 1.54) is 0 Å². The molecule has 27 heavy (non-hydrogen) atoms. The summed E-state index contributed by atoms with van der Waals surface area (Å²) in [7, 11) is 1.76. The average Bonchev–Trinajstić information content (AvgIpc) is 3.43. The van der Waals surface area contributed by atoms with Crippen LogP contribution in [-0.4, -0.2) is 26.0 Å². The van der Waals surface area contributed by atoms with Gasteiger partial charge in [0.1, 0.15) is 17.1 Å². The van der Waals surface area contributed by atoms with E-state index >= 15 is 0 Å². The maximum Gasteiger partial charge on any atom is 0.321 e. The van der Waals surface area contributed by atoms with E-state index in [4.69, 9.17) is 8.94 Å². The number of carbonyl (C=O) groups excluding carboxylic acids is 1. The minimum atomic E-state index is -0.594. The van der Waals surface area contributed by atoms with E-state index in [0.29, 0.717) is 35.4 Å². The number of urea groups is 1. The molecule has 0 spiro atoms. The molecule has 0 saturated heterocycles. The summed E-state index contributed by atoms with van der Waals surface area (Å²) in [6.45, 7) is 1.96. The quantitative estimate of drug-likeness (QED) is 0.713. The summed E-state index contributed by atoms with van der Waals surface area (Å²) in [6, 6.07) is 5.06. The number of carbonyl (C=O) groups is 1. The van der Waals surface area contributed by atoms with Crippen LogP contribution in [0.2, 0.25) is 0 Å². The Bertz CT molecular complexity index is 921. The highest BCUT2D eigenvalue weighted by Gasteiger charge is 2.41. The van der Waals surface area contributed by atoms with E-state index in [-0.39, 0.29) is 6.03 Å². The van der Waals surface area contributed by atoms with Crippen LogP contribution in [0.4, 0.5) is 10.6 Å². The van der Waals surface area contributed by atoms with Gasteiger partial charge in [-0.2, -0.15) is 10.1 Å². The van der Waals surface area contributed by atoms with E-state index < -0.39 is 5.54 Å². The van der Waals surface area contributed by atoms with E-state index in [9.17, 15) is 4.79 Å². The van der Waals surface area contributed by atoms with Crippen LogP contribution in [0.15, 0.2) is 33.4 Å². The van der Waals surface area contributed by atoms with Gasteiger partial charge >= 0.3 is 6.03 Å². The first-order chi connectivity index (χ1) is 13.1. The minimum absolute atomic E-state index is 0.325. The van der Waals surface area contributed by atoms with E-state index in [1.54, 1.807) is 30.1 Å². The number of aryl methyl sites for hydroxylation is 2. The normalized spacial score (nSPS) is 15.8. The summed E-state index contributed by atoms with van der Waals surface area (Å²) in [6.07, 6.45) is 5.83. The van der Waals surface area contributed by atoms with Crippen molar-refractivity contribution in [2.75, 3.05) is 5.32 Å². The molecule has 9 heteroatoms. The van der Waals surface area contributed by atoms with Crippen LogP contribution < -0.4 is 10.6 Å². The molecule has 142 valence electrons. The summed E-state index contributed by atoms with van der Waals surface area (Å²) in [5.41, 5.74) is 0.0582. The lowest BCUT2D eigenvalue weighted by Gasteiger charge is -2.26. The third-order valence-electron chi connectivity index (χ3n) is 4.90. The van der Waals surface area contributed by atoms with Crippen molar-refractivity contribution in [1.29, 1.82) is 0 Å². The lowest BCUT2D eigenvalue weighted by molar-refractivity contribution is 0.232. The Morgan fingerprint density at radius 1 is 1.37 bits per heavy atom. The number of rotatable bonds is 5. The molecule has 0 atom stereocenters. The molecule has 0 aromatic carbocycles. The van der Waals surface area contributed by atoms with Gasteiger partial charge in [-0.1, -0.05) is 24.9 Å². The molecule has 2 N–H and O–H groups in total. The molecule has 1 fully saturated rings. The number of furan rings is 1. The summed E-state index contributed by atoms with van der Waals surface area (Å²) in [5, 5.41) is 14.4. The van der Waals surface area contributed by atoms with Gasteiger partial charge in [0, 0.05) is 19.5 Å². The van der Waals surface area contributed by atoms with Crippen LogP contribution in [-0.2, 0) is 19.0 Å². The lowest BCUT2D eigenvalue weighted by Crippen LogP contribution is -2.46. The fourth-order valence-electron chi connectivity index (χ4n) is 3.47. The summed E-state index contributed by atoms with van der Waals surface area (Å²) in [5.74, 6) is 2.33. The molecule has 3 heterocycles. The Labute approximate surface area is 156 Å². The number of nitrogens with zero attached hydrogens (tertiary/aromatic N) is 4. The second kappa shape index (κ2) is 6.90. The molecule has 3 aromatic rings. The Morgan fingerprint density at radius 3 is 2.85 bits per heavy atom. The Kier molecular flexibility index (Phi) is 4.43. The zero-order valence-electron chi connectivity index (χ0n) is 15.4. The number of nitrogens with one attached hydrogen (secondary N) is 2. The van der Waals surface area contributed by atoms with Crippen LogP contribution in [0.1, 0.15) is 44.3 Å². The number of hydrogen-bond donors (Lipinski definition) is 2. The Balaban J connectivity index is 1.51. The van der Waals surface area contributed by atoms with Crippen molar-refractivity contribution >= 4 is 11.8 Å². The Hall–Kier alpha value is -3.10. The maximum absolute atomic E-state index is 12.7. The number of amides is 2. The molecular formula is C18H22N6O3. The molecular weight excluding hydrogens is 348 g/mol. The van der Waals surface area contributed by atoms with Gasteiger partial charge < -0.3 is 14.3 Å². The van der Waals surface area contributed by atoms with Crippen molar-refractivity contribution in [3.05, 3.63) is 36.2 Å². The zero-order valence-corrected chi connectivity index (χ0v) is 15.4.